The number of hydrazine groups is 1. The highest BCUT2D eigenvalue weighted by atomic mass is 16.6. The predicted molar refractivity (Wildman–Crippen MR) is 51.5 cm³/mol. The molecule has 1 aliphatic rings. The van der Waals surface area contributed by atoms with Crippen LogP contribution in [0, 0.1) is 0 Å². The second kappa shape index (κ2) is 5.17. The van der Waals surface area contributed by atoms with Crippen molar-refractivity contribution >= 4 is 6.09 Å². The van der Waals surface area contributed by atoms with Crippen molar-refractivity contribution in [2.24, 2.45) is 5.84 Å². The Bertz CT molecular complexity index is 190. The molecule has 1 heterocycles. The predicted octanol–water partition coefficient (Wildman–Crippen LogP) is 0.886. The van der Waals surface area contributed by atoms with Crippen LogP contribution in [0.1, 0.15) is 26.7 Å². The van der Waals surface area contributed by atoms with Gasteiger partial charge >= 0.3 is 6.09 Å². The number of nitrogens with two attached hydrogens (primary N) is 1. The number of ether oxygens (including phenoxy) is 2. The molecule has 0 spiro atoms. The molecule has 0 aromatic rings. The van der Waals surface area contributed by atoms with Crippen molar-refractivity contribution in [1.29, 1.82) is 0 Å². The molecule has 0 unspecified atom stereocenters. The molecule has 1 aliphatic heterocycles. The molecule has 1 saturated heterocycles. The van der Waals surface area contributed by atoms with Crippen LogP contribution in [0.5, 0.6) is 0 Å². The lowest BCUT2D eigenvalue weighted by Gasteiger charge is -2.30. The average molecular weight is 202 g/mol. The Hall–Kier alpha value is -0.810. The number of nitrogens with zero attached hydrogens (tertiary/aromatic N) is 1. The van der Waals surface area contributed by atoms with E-state index in [4.69, 9.17) is 15.3 Å². The van der Waals surface area contributed by atoms with Gasteiger partial charge < -0.3 is 9.47 Å². The molecule has 5 nitrogen and oxygen atoms in total. The molecule has 0 bridgehead atoms. The summed E-state index contributed by atoms with van der Waals surface area (Å²) in [4.78, 5) is 11.4. The molecule has 0 atom stereocenters. The maximum absolute atomic E-state index is 11.4. The number of carbonyl (C=O) groups is 1. The Balaban J connectivity index is 2.38. The molecule has 0 saturated carbocycles. The molecule has 0 aromatic heterocycles. The van der Waals surface area contributed by atoms with E-state index in [1.165, 1.54) is 5.01 Å². The monoisotopic (exact) mass is 202 g/mol. The maximum Gasteiger partial charge on any atom is 0.424 e. The lowest BCUT2D eigenvalue weighted by atomic mass is 10.1. The van der Waals surface area contributed by atoms with Gasteiger partial charge in [0.15, 0.2) is 0 Å². The zero-order valence-electron chi connectivity index (χ0n) is 8.73. The van der Waals surface area contributed by atoms with Gasteiger partial charge in [-0.1, -0.05) is 0 Å². The van der Waals surface area contributed by atoms with Crippen molar-refractivity contribution in [3.63, 3.8) is 0 Å². The van der Waals surface area contributed by atoms with Crippen molar-refractivity contribution in [3.05, 3.63) is 0 Å². The van der Waals surface area contributed by atoms with E-state index < -0.39 is 6.09 Å². The first-order valence-corrected chi connectivity index (χ1v) is 4.93. The van der Waals surface area contributed by atoms with Crippen molar-refractivity contribution in [1.82, 2.24) is 5.01 Å². The van der Waals surface area contributed by atoms with Crippen LogP contribution in [0.3, 0.4) is 0 Å². The van der Waals surface area contributed by atoms with Crippen LogP contribution in [0.2, 0.25) is 0 Å². The summed E-state index contributed by atoms with van der Waals surface area (Å²) < 4.78 is 10.2. The lowest BCUT2D eigenvalue weighted by Crippen LogP contribution is -2.48. The van der Waals surface area contributed by atoms with Gasteiger partial charge in [0.2, 0.25) is 0 Å². The summed E-state index contributed by atoms with van der Waals surface area (Å²) in [6, 6.07) is 0.0509. The zero-order chi connectivity index (χ0) is 10.6. The molecular weight excluding hydrogens is 184 g/mol. The molecule has 2 N–H and O–H groups in total. The van der Waals surface area contributed by atoms with E-state index >= 15 is 0 Å². The van der Waals surface area contributed by atoms with Crippen LogP contribution in [0.15, 0.2) is 0 Å². The molecule has 0 aliphatic carbocycles. The fraction of sp³-hybridized carbons (Fsp3) is 0.889. The van der Waals surface area contributed by atoms with Crippen molar-refractivity contribution in [2.75, 3.05) is 13.2 Å². The van der Waals surface area contributed by atoms with E-state index in [1.54, 1.807) is 13.8 Å². The normalized spacial score (nSPS) is 18.3. The standard InChI is InChI=1S/C9H18N2O3/c1-7(2)14-9(12)11(10)8-3-5-13-6-4-8/h7-8H,3-6,10H2,1-2H3. The molecule has 1 rings (SSSR count). The van der Waals surface area contributed by atoms with E-state index in [2.05, 4.69) is 0 Å². The minimum atomic E-state index is -0.452. The summed E-state index contributed by atoms with van der Waals surface area (Å²) in [5.74, 6) is 5.64. The van der Waals surface area contributed by atoms with Gasteiger partial charge in [0.1, 0.15) is 0 Å². The van der Waals surface area contributed by atoms with Gasteiger partial charge in [0.25, 0.3) is 0 Å². The summed E-state index contributed by atoms with van der Waals surface area (Å²) in [5.41, 5.74) is 0. The van der Waals surface area contributed by atoms with Gasteiger partial charge in [-0.05, 0) is 26.7 Å². The smallest absolute Gasteiger partial charge is 0.424 e. The van der Waals surface area contributed by atoms with E-state index in [0.717, 1.165) is 12.8 Å². The van der Waals surface area contributed by atoms with Gasteiger partial charge in [-0.3, -0.25) is 0 Å². The first kappa shape index (κ1) is 11.3. The molecule has 5 heteroatoms. The van der Waals surface area contributed by atoms with Crippen LogP contribution in [-0.4, -0.2) is 36.5 Å². The Morgan fingerprint density at radius 2 is 2.07 bits per heavy atom. The largest absolute Gasteiger partial charge is 0.446 e. The number of rotatable bonds is 2. The molecule has 0 aromatic carbocycles. The Labute approximate surface area is 84.1 Å². The highest BCUT2D eigenvalue weighted by Gasteiger charge is 2.24. The Morgan fingerprint density at radius 1 is 1.50 bits per heavy atom. The van der Waals surface area contributed by atoms with Crippen molar-refractivity contribution in [3.8, 4) is 0 Å². The van der Waals surface area contributed by atoms with Crippen LogP contribution in [-0.2, 0) is 9.47 Å². The van der Waals surface area contributed by atoms with E-state index in [-0.39, 0.29) is 12.1 Å². The van der Waals surface area contributed by atoms with Gasteiger partial charge in [0.05, 0.1) is 12.1 Å². The van der Waals surface area contributed by atoms with Gasteiger partial charge in [0, 0.05) is 13.2 Å². The molecule has 1 amide bonds. The first-order valence-electron chi connectivity index (χ1n) is 4.93. The highest BCUT2D eigenvalue weighted by molar-refractivity contribution is 5.67. The quantitative estimate of drug-likeness (QED) is 0.410. The summed E-state index contributed by atoms with van der Waals surface area (Å²) in [6.07, 6.45) is 0.980. The summed E-state index contributed by atoms with van der Waals surface area (Å²) in [5, 5.41) is 1.18. The van der Waals surface area contributed by atoms with Gasteiger partial charge in [-0.2, -0.15) is 0 Å². The van der Waals surface area contributed by atoms with Crippen molar-refractivity contribution in [2.45, 2.75) is 38.8 Å². The van der Waals surface area contributed by atoms with Crippen LogP contribution < -0.4 is 5.84 Å². The SMILES string of the molecule is CC(C)OC(=O)N(N)C1CCOCC1. The minimum Gasteiger partial charge on any atom is -0.446 e. The second-order valence-electron chi connectivity index (χ2n) is 3.68. The fourth-order valence-electron chi connectivity index (χ4n) is 1.37. The third-order valence-electron chi connectivity index (χ3n) is 2.13. The number of carbonyl (C=O) groups excluding carboxylic acids is 1. The van der Waals surface area contributed by atoms with Crippen molar-refractivity contribution < 1.29 is 14.3 Å². The number of hydrogen-bond acceptors (Lipinski definition) is 4. The molecule has 0 radical (unpaired) electrons. The van der Waals surface area contributed by atoms with Crippen LogP contribution >= 0.6 is 0 Å². The number of amides is 1. The number of hydrogen-bond donors (Lipinski definition) is 1. The fourth-order valence-corrected chi connectivity index (χ4v) is 1.37. The third-order valence-corrected chi connectivity index (χ3v) is 2.13. The van der Waals surface area contributed by atoms with Gasteiger partial charge in [-0.15, -0.1) is 0 Å². The van der Waals surface area contributed by atoms with E-state index in [9.17, 15) is 4.79 Å². The van der Waals surface area contributed by atoms with Crippen LogP contribution in [0.25, 0.3) is 0 Å². The lowest BCUT2D eigenvalue weighted by molar-refractivity contribution is 0.0179. The minimum absolute atomic E-state index is 0.0509. The maximum atomic E-state index is 11.4. The Kier molecular flexibility index (Phi) is 4.16. The average Bonchev–Trinajstić information content (AvgIpc) is 2.17. The Morgan fingerprint density at radius 3 is 2.57 bits per heavy atom. The van der Waals surface area contributed by atoms with Crippen LogP contribution in [0.4, 0.5) is 4.79 Å². The summed E-state index contributed by atoms with van der Waals surface area (Å²) >= 11 is 0. The zero-order valence-corrected chi connectivity index (χ0v) is 8.73. The third kappa shape index (κ3) is 3.16. The highest BCUT2D eigenvalue weighted by Crippen LogP contribution is 2.12. The molecule has 1 fully saturated rings. The molecular formula is C9H18N2O3. The van der Waals surface area contributed by atoms with Gasteiger partial charge in [-0.25, -0.2) is 15.6 Å². The van der Waals surface area contributed by atoms with E-state index in [0.29, 0.717) is 13.2 Å². The van der Waals surface area contributed by atoms with E-state index in [1.807, 2.05) is 0 Å². The first-order chi connectivity index (χ1) is 6.61. The second-order valence-corrected chi connectivity index (χ2v) is 3.68. The summed E-state index contributed by atoms with van der Waals surface area (Å²) in [7, 11) is 0. The summed E-state index contributed by atoms with van der Waals surface area (Å²) in [6.45, 7) is 4.92. The topological polar surface area (TPSA) is 64.8 Å². The molecule has 82 valence electrons. The molecule has 14 heavy (non-hydrogen) atoms.